The average molecular weight is 473 g/mol. The molecule has 2 N–H and O–H groups in total. The monoisotopic (exact) mass is 472 g/mol. The van der Waals surface area contributed by atoms with Gasteiger partial charge in [0.1, 0.15) is 24.2 Å². The quantitative estimate of drug-likeness (QED) is 0.479. The number of hydrogen-bond donors (Lipinski definition) is 2. The van der Waals surface area contributed by atoms with E-state index in [9.17, 15) is 18.8 Å². The number of aromatic nitrogens is 5. The molecule has 0 unspecified atom stereocenters. The largest absolute Gasteiger partial charge is 0.376 e. The van der Waals surface area contributed by atoms with Crippen LogP contribution < -0.4 is 5.32 Å². The van der Waals surface area contributed by atoms with Gasteiger partial charge in [0, 0.05) is 37.4 Å². The number of hydrogen-bond acceptors (Lipinski definition) is 8. The van der Waals surface area contributed by atoms with E-state index < -0.39 is 20.8 Å². The van der Waals surface area contributed by atoms with Gasteiger partial charge in [-0.25, -0.2) is 18.4 Å². The number of nitrogens with zero attached hydrogens (tertiary/aromatic N) is 7. The van der Waals surface area contributed by atoms with Crippen molar-refractivity contribution in [2.45, 2.75) is 51.1 Å². The first-order valence-electron chi connectivity index (χ1n) is 10.9. The molecule has 4 rings (SSSR count). The fourth-order valence-electron chi connectivity index (χ4n) is 4.07. The number of nitriles is 1. The summed E-state index contributed by atoms with van der Waals surface area (Å²) in [5.74, 6) is 0.607. The zero-order chi connectivity index (χ0) is 23.8. The van der Waals surface area contributed by atoms with Gasteiger partial charge in [0.05, 0.1) is 29.0 Å². The van der Waals surface area contributed by atoms with E-state index in [0.29, 0.717) is 23.7 Å². The minimum Gasteiger partial charge on any atom is -0.376 e. The Morgan fingerprint density at radius 1 is 1.33 bits per heavy atom. The molecule has 11 nitrogen and oxygen atoms in total. The lowest BCUT2D eigenvalue weighted by atomic mass is 9.89. The summed E-state index contributed by atoms with van der Waals surface area (Å²) in [4.78, 5) is 8.77. The molecule has 1 saturated heterocycles. The van der Waals surface area contributed by atoms with Crippen molar-refractivity contribution in [3.63, 3.8) is 0 Å². The molecule has 0 atom stereocenters. The van der Waals surface area contributed by atoms with Crippen LogP contribution in [0.1, 0.15) is 33.6 Å². The van der Waals surface area contributed by atoms with Gasteiger partial charge in [0.15, 0.2) is 5.82 Å². The molecule has 0 aliphatic carbocycles. The van der Waals surface area contributed by atoms with Crippen LogP contribution in [0, 0.1) is 11.3 Å². The highest BCUT2D eigenvalue weighted by atomic mass is 32.2. The van der Waals surface area contributed by atoms with E-state index in [-0.39, 0.29) is 26.2 Å². The maximum atomic E-state index is 12.6. The zero-order valence-electron chi connectivity index (χ0n) is 18.9. The molecule has 3 aromatic heterocycles. The molecule has 33 heavy (non-hydrogen) atoms. The van der Waals surface area contributed by atoms with Gasteiger partial charge in [-0.05, 0) is 26.3 Å². The summed E-state index contributed by atoms with van der Waals surface area (Å²) in [6.07, 6.45) is 6.02. The van der Waals surface area contributed by atoms with Gasteiger partial charge >= 0.3 is 0 Å². The summed E-state index contributed by atoms with van der Waals surface area (Å²) in [5, 5.41) is 27.4. The molecular weight excluding hydrogens is 444 g/mol. The topological polar surface area (TPSA) is 142 Å². The Hall–Kier alpha value is -3.01. The van der Waals surface area contributed by atoms with Crippen molar-refractivity contribution < 1.29 is 13.5 Å². The molecule has 176 valence electrons. The predicted molar refractivity (Wildman–Crippen MR) is 124 cm³/mol. The maximum absolute atomic E-state index is 12.6. The number of anilines is 1. The zero-order valence-corrected chi connectivity index (χ0v) is 19.7. The fourth-order valence-corrected chi connectivity index (χ4v) is 5.51. The number of aliphatic hydroxyl groups is 1. The van der Waals surface area contributed by atoms with Crippen LogP contribution in [-0.2, 0) is 22.3 Å². The minimum atomic E-state index is -3.42. The van der Waals surface area contributed by atoms with Crippen LogP contribution in [0.3, 0.4) is 0 Å². The number of sulfonamides is 1. The summed E-state index contributed by atoms with van der Waals surface area (Å²) in [6, 6.07) is 4.04. The molecule has 0 bridgehead atoms. The second-order valence-electron chi connectivity index (χ2n) is 8.57. The third kappa shape index (κ3) is 3.86. The highest BCUT2D eigenvalue weighted by molar-refractivity contribution is 7.89. The molecule has 1 aliphatic heterocycles. The number of nitrogens with one attached hydrogen (secondary N) is 1. The van der Waals surface area contributed by atoms with Crippen LogP contribution in [0.5, 0.6) is 0 Å². The van der Waals surface area contributed by atoms with E-state index >= 15 is 0 Å². The van der Waals surface area contributed by atoms with Crippen LogP contribution in [0.25, 0.3) is 22.3 Å². The summed E-state index contributed by atoms with van der Waals surface area (Å²) >= 11 is 0. The van der Waals surface area contributed by atoms with Crippen molar-refractivity contribution in [2.75, 3.05) is 25.0 Å². The smallest absolute Gasteiger partial charge is 0.216 e. The summed E-state index contributed by atoms with van der Waals surface area (Å²) < 4.78 is 30.0. The minimum absolute atomic E-state index is 0.130. The molecular formula is C21H28N8O3S. The maximum Gasteiger partial charge on any atom is 0.216 e. The van der Waals surface area contributed by atoms with E-state index in [1.54, 1.807) is 29.3 Å². The van der Waals surface area contributed by atoms with E-state index in [2.05, 4.69) is 21.4 Å². The average Bonchev–Trinajstić information content (AvgIpc) is 3.38. The van der Waals surface area contributed by atoms with Crippen molar-refractivity contribution in [1.29, 1.82) is 5.26 Å². The highest BCUT2D eigenvalue weighted by Gasteiger charge is 2.51. The number of aliphatic hydroxyl groups excluding tert-OH is 1. The van der Waals surface area contributed by atoms with Crippen molar-refractivity contribution in [1.82, 2.24) is 28.6 Å². The molecule has 4 heterocycles. The Balaban J connectivity index is 1.79. The van der Waals surface area contributed by atoms with E-state index in [0.717, 1.165) is 17.4 Å². The molecule has 1 fully saturated rings. The van der Waals surface area contributed by atoms with Crippen molar-refractivity contribution in [3.05, 3.63) is 24.8 Å². The van der Waals surface area contributed by atoms with Gasteiger partial charge in [0.25, 0.3) is 0 Å². The first-order chi connectivity index (χ1) is 15.8. The molecule has 1 aliphatic rings. The van der Waals surface area contributed by atoms with Crippen LogP contribution >= 0.6 is 0 Å². The van der Waals surface area contributed by atoms with Gasteiger partial charge in [-0.15, -0.1) is 0 Å². The van der Waals surface area contributed by atoms with Crippen LogP contribution in [-0.4, -0.2) is 67.0 Å². The molecule has 12 heteroatoms. The Kier molecular flexibility index (Phi) is 6.13. The Morgan fingerprint density at radius 3 is 2.73 bits per heavy atom. The van der Waals surface area contributed by atoms with Gasteiger partial charge in [-0.2, -0.15) is 14.7 Å². The number of fused-ring (bicyclic) bond motifs is 1. The standard InChI is InChI=1S/C21H28N8O3S/c1-4-8-23-19-17(18-16-5-9-27(14-30)20(16)25-13-24-18)10-29(26-19)21(6-7-22)11-28(12-21)33(31,32)15(2)3/h5,9-10,13,15,30H,4,6,8,11-12,14H2,1-3H3,(H,23,26). The van der Waals surface area contributed by atoms with Crippen molar-refractivity contribution in [2.24, 2.45) is 0 Å². The van der Waals surface area contributed by atoms with Gasteiger partial charge < -0.3 is 15.0 Å². The van der Waals surface area contributed by atoms with Crippen molar-refractivity contribution >= 4 is 26.9 Å². The highest BCUT2D eigenvalue weighted by Crippen LogP contribution is 2.39. The number of rotatable bonds is 9. The van der Waals surface area contributed by atoms with Gasteiger partial charge in [0.2, 0.25) is 10.0 Å². The summed E-state index contributed by atoms with van der Waals surface area (Å²) in [5.41, 5.74) is 1.23. The van der Waals surface area contributed by atoms with E-state index in [1.807, 2.05) is 19.2 Å². The van der Waals surface area contributed by atoms with Gasteiger partial charge in [-0.3, -0.25) is 4.68 Å². The molecule has 0 radical (unpaired) electrons. The van der Waals surface area contributed by atoms with Crippen LogP contribution in [0.15, 0.2) is 24.8 Å². The predicted octanol–water partition coefficient (Wildman–Crippen LogP) is 1.73. The molecule has 0 spiro atoms. The Morgan fingerprint density at radius 2 is 2.09 bits per heavy atom. The first-order valence-corrected chi connectivity index (χ1v) is 12.4. The second-order valence-corrected chi connectivity index (χ2v) is 11.1. The van der Waals surface area contributed by atoms with Crippen LogP contribution in [0.2, 0.25) is 0 Å². The lowest BCUT2D eigenvalue weighted by molar-refractivity contribution is 0.0714. The lowest BCUT2D eigenvalue weighted by Gasteiger charge is -2.48. The second kappa shape index (κ2) is 8.74. The van der Waals surface area contributed by atoms with Crippen molar-refractivity contribution in [3.8, 4) is 17.3 Å². The molecule has 0 aromatic carbocycles. The molecule has 3 aromatic rings. The summed E-state index contributed by atoms with van der Waals surface area (Å²) in [7, 11) is -3.42. The third-order valence-electron chi connectivity index (χ3n) is 6.01. The molecule has 0 saturated carbocycles. The first kappa shape index (κ1) is 23.2. The van der Waals surface area contributed by atoms with E-state index in [4.69, 9.17) is 5.10 Å². The fraction of sp³-hybridized carbons (Fsp3) is 0.524. The third-order valence-corrected chi connectivity index (χ3v) is 8.18. The van der Waals surface area contributed by atoms with E-state index in [1.165, 1.54) is 10.6 Å². The van der Waals surface area contributed by atoms with Gasteiger partial charge in [-0.1, -0.05) is 6.92 Å². The lowest BCUT2D eigenvalue weighted by Crippen LogP contribution is -2.65. The van der Waals surface area contributed by atoms with Crippen LogP contribution in [0.4, 0.5) is 5.82 Å². The normalized spacial score (nSPS) is 16.1. The SMILES string of the molecule is CCCNc1nn(C2(CC#N)CN(S(=O)(=O)C(C)C)C2)cc1-c1ncnc2c1ccn2CO. The molecule has 0 amide bonds. The Bertz CT molecular complexity index is 1300. The summed E-state index contributed by atoms with van der Waals surface area (Å²) in [6.45, 7) is 6.21. The Labute approximate surface area is 192 Å².